The number of imidazole rings is 1. The minimum absolute atomic E-state index is 0.437. The fourth-order valence-corrected chi connectivity index (χ4v) is 3.46. The van der Waals surface area contributed by atoms with Crippen LogP contribution in [0.5, 0.6) is 0 Å². The van der Waals surface area contributed by atoms with E-state index in [0.29, 0.717) is 12.1 Å². The highest BCUT2D eigenvalue weighted by atomic mass is 15.0. The summed E-state index contributed by atoms with van der Waals surface area (Å²) in [6, 6.07) is 12.0. The summed E-state index contributed by atoms with van der Waals surface area (Å²) in [4.78, 5) is 4.14. The van der Waals surface area contributed by atoms with Gasteiger partial charge in [-0.15, -0.1) is 0 Å². The molecule has 0 unspecified atom stereocenters. The highest BCUT2D eigenvalue weighted by molar-refractivity contribution is 5.19. The zero-order valence-corrected chi connectivity index (χ0v) is 13.3. The van der Waals surface area contributed by atoms with Crippen LogP contribution in [0.3, 0.4) is 0 Å². The fourth-order valence-electron chi connectivity index (χ4n) is 3.46. The number of aryl methyl sites for hydroxylation is 1. The van der Waals surface area contributed by atoms with E-state index in [2.05, 4.69) is 45.2 Å². The van der Waals surface area contributed by atoms with E-state index in [0.717, 1.165) is 13.0 Å². The van der Waals surface area contributed by atoms with E-state index >= 15 is 0 Å². The standard InChI is InChI=1S/C19H27N3/c1-2-7-11-18(10-6-1)21-19(17-8-4-3-5-9-17)12-14-22-15-13-20-16-22/h3-5,8-9,13,15-16,18-19,21H,1-2,6-7,10-12,14H2/t19-/m1/s1. The molecule has 0 radical (unpaired) electrons. The molecule has 1 saturated carbocycles. The second-order valence-electron chi connectivity index (χ2n) is 6.41. The maximum Gasteiger partial charge on any atom is 0.0945 e. The summed E-state index contributed by atoms with van der Waals surface area (Å²) in [6.07, 6.45) is 15.1. The van der Waals surface area contributed by atoms with E-state index in [1.54, 1.807) is 0 Å². The SMILES string of the molecule is c1ccc([C@@H](CCn2ccnc2)NC2CCCCCC2)cc1. The molecule has 3 heteroatoms. The van der Waals surface area contributed by atoms with Crippen LogP contribution < -0.4 is 5.32 Å². The Morgan fingerprint density at radius 3 is 2.55 bits per heavy atom. The lowest BCUT2D eigenvalue weighted by Gasteiger charge is -2.25. The van der Waals surface area contributed by atoms with E-state index in [4.69, 9.17) is 0 Å². The van der Waals surface area contributed by atoms with Crippen molar-refractivity contribution in [3.8, 4) is 0 Å². The third-order valence-electron chi connectivity index (χ3n) is 4.73. The van der Waals surface area contributed by atoms with Gasteiger partial charge in [0.25, 0.3) is 0 Å². The van der Waals surface area contributed by atoms with Gasteiger partial charge >= 0.3 is 0 Å². The Labute approximate surface area is 133 Å². The van der Waals surface area contributed by atoms with Crippen LogP contribution in [-0.2, 0) is 6.54 Å². The first-order chi connectivity index (χ1) is 10.9. The summed E-state index contributed by atoms with van der Waals surface area (Å²) in [5.74, 6) is 0. The number of aromatic nitrogens is 2. The number of nitrogens with one attached hydrogen (secondary N) is 1. The van der Waals surface area contributed by atoms with Gasteiger partial charge in [-0.25, -0.2) is 4.98 Å². The van der Waals surface area contributed by atoms with Crippen LogP contribution in [0.2, 0.25) is 0 Å². The minimum Gasteiger partial charge on any atom is -0.337 e. The number of hydrogen-bond acceptors (Lipinski definition) is 2. The molecule has 1 aromatic carbocycles. The van der Waals surface area contributed by atoms with Crippen molar-refractivity contribution in [3.63, 3.8) is 0 Å². The molecule has 1 heterocycles. The molecule has 2 aromatic rings. The summed E-state index contributed by atoms with van der Waals surface area (Å²) >= 11 is 0. The van der Waals surface area contributed by atoms with Crippen LogP contribution in [0.15, 0.2) is 49.1 Å². The number of rotatable bonds is 6. The van der Waals surface area contributed by atoms with Gasteiger partial charge in [-0.2, -0.15) is 0 Å². The molecule has 1 aliphatic carbocycles. The number of benzene rings is 1. The molecule has 1 aromatic heterocycles. The van der Waals surface area contributed by atoms with Crippen LogP contribution in [0.25, 0.3) is 0 Å². The average molecular weight is 297 g/mol. The molecule has 22 heavy (non-hydrogen) atoms. The van der Waals surface area contributed by atoms with Crippen molar-refractivity contribution < 1.29 is 0 Å². The Kier molecular flexibility index (Phi) is 5.66. The molecule has 0 spiro atoms. The molecule has 118 valence electrons. The summed E-state index contributed by atoms with van der Waals surface area (Å²) in [7, 11) is 0. The van der Waals surface area contributed by atoms with E-state index in [1.165, 1.54) is 44.1 Å². The van der Waals surface area contributed by atoms with Crippen molar-refractivity contribution in [2.45, 2.75) is 63.6 Å². The normalized spacial score (nSPS) is 18.0. The highest BCUT2D eigenvalue weighted by Crippen LogP contribution is 2.23. The van der Waals surface area contributed by atoms with Crippen molar-refractivity contribution in [1.82, 2.24) is 14.9 Å². The Morgan fingerprint density at radius 1 is 1.09 bits per heavy atom. The fraction of sp³-hybridized carbons (Fsp3) is 0.526. The monoisotopic (exact) mass is 297 g/mol. The average Bonchev–Trinajstić information content (AvgIpc) is 2.95. The highest BCUT2D eigenvalue weighted by Gasteiger charge is 2.18. The van der Waals surface area contributed by atoms with Gasteiger partial charge in [0.15, 0.2) is 0 Å². The molecule has 1 N–H and O–H groups in total. The number of hydrogen-bond donors (Lipinski definition) is 1. The summed E-state index contributed by atoms with van der Waals surface area (Å²) in [6.45, 7) is 1.01. The van der Waals surface area contributed by atoms with Crippen LogP contribution in [-0.4, -0.2) is 15.6 Å². The first-order valence-corrected chi connectivity index (χ1v) is 8.68. The Morgan fingerprint density at radius 2 is 1.86 bits per heavy atom. The molecule has 0 aliphatic heterocycles. The zero-order chi connectivity index (χ0) is 15.0. The summed E-state index contributed by atoms with van der Waals surface area (Å²) < 4.78 is 2.17. The van der Waals surface area contributed by atoms with Gasteiger partial charge in [-0.05, 0) is 24.8 Å². The third kappa shape index (κ3) is 4.44. The molecule has 0 amide bonds. The Hall–Kier alpha value is -1.61. The molecule has 0 saturated heterocycles. The summed E-state index contributed by atoms with van der Waals surface area (Å²) in [5, 5.41) is 3.94. The Bertz CT molecular complexity index is 513. The van der Waals surface area contributed by atoms with Crippen molar-refractivity contribution in [1.29, 1.82) is 0 Å². The smallest absolute Gasteiger partial charge is 0.0945 e. The van der Waals surface area contributed by atoms with E-state index in [1.807, 2.05) is 18.7 Å². The quantitative estimate of drug-likeness (QED) is 0.804. The zero-order valence-electron chi connectivity index (χ0n) is 13.3. The maximum absolute atomic E-state index is 4.14. The largest absolute Gasteiger partial charge is 0.337 e. The van der Waals surface area contributed by atoms with Gasteiger partial charge in [0.05, 0.1) is 6.33 Å². The van der Waals surface area contributed by atoms with Crippen molar-refractivity contribution in [3.05, 3.63) is 54.6 Å². The van der Waals surface area contributed by atoms with Gasteiger partial charge in [-0.1, -0.05) is 56.0 Å². The molecular weight excluding hydrogens is 270 g/mol. The van der Waals surface area contributed by atoms with Gasteiger partial charge in [0.1, 0.15) is 0 Å². The van der Waals surface area contributed by atoms with Gasteiger partial charge < -0.3 is 9.88 Å². The molecule has 3 rings (SSSR count). The molecule has 1 aliphatic rings. The van der Waals surface area contributed by atoms with Crippen LogP contribution in [0.1, 0.15) is 56.6 Å². The van der Waals surface area contributed by atoms with Gasteiger partial charge in [0.2, 0.25) is 0 Å². The second-order valence-corrected chi connectivity index (χ2v) is 6.41. The first-order valence-electron chi connectivity index (χ1n) is 8.68. The van der Waals surface area contributed by atoms with Gasteiger partial charge in [-0.3, -0.25) is 0 Å². The molecule has 0 bridgehead atoms. The lowest BCUT2D eigenvalue weighted by atomic mass is 10.0. The van der Waals surface area contributed by atoms with E-state index in [-0.39, 0.29) is 0 Å². The second kappa shape index (κ2) is 8.14. The predicted octanol–water partition coefficient (Wildman–Crippen LogP) is 4.33. The molecule has 1 atom stereocenters. The molecular formula is C19H27N3. The van der Waals surface area contributed by atoms with E-state index < -0.39 is 0 Å². The van der Waals surface area contributed by atoms with Crippen molar-refractivity contribution in [2.24, 2.45) is 0 Å². The van der Waals surface area contributed by atoms with Crippen LogP contribution >= 0.6 is 0 Å². The van der Waals surface area contributed by atoms with Crippen molar-refractivity contribution >= 4 is 0 Å². The molecule has 1 fully saturated rings. The summed E-state index contributed by atoms with van der Waals surface area (Å²) in [5.41, 5.74) is 1.41. The maximum atomic E-state index is 4.14. The number of nitrogens with zero attached hydrogens (tertiary/aromatic N) is 2. The first kappa shape index (κ1) is 15.3. The Balaban J connectivity index is 1.65. The predicted molar refractivity (Wildman–Crippen MR) is 90.7 cm³/mol. The van der Waals surface area contributed by atoms with Crippen LogP contribution in [0, 0.1) is 0 Å². The lowest BCUT2D eigenvalue weighted by Crippen LogP contribution is -2.33. The topological polar surface area (TPSA) is 29.9 Å². The van der Waals surface area contributed by atoms with E-state index in [9.17, 15) is 0 Å². The van der Waals surface area contributed by atoms with Gasteiger partial charge in [0, 0.05) is 31.0 Å². The van der Waals surface area contributed by atoms with Crippen molar-refractivity contribution in [2.75, 3.05) is 0 Å². The third-order valence-corrected chi connectivity index (χ3v) is 4.73. The minimum atomic E-state index is 0.437. The van der Waals surface area contributed by atoms with Crippen LogP contribution in [0.4, 0.5) is 0 Å². The lowest BCUT2D eigenvalue weighted by molar-refractivity contribution is 0.371. The molecule has 3 nitrogen and oxygen atoms in total.